The smallest absolute Gasteiger partial charge is 0.147 e. The number of H-pyrrole nitrogens is 1. The van der Waals surface area contributed by atoms with E-state index >= 15 is 0 Å². The fourth-order valence-corrected chi connectivity index (χ4v) is 5.29. The number of aromatic nitrogens is 3. The normalized spacial score (nSPS) is 11.5. The summed E-state index contributed by atoms with van der Waals surface area (Å²) >= 11 is 7.47. The molecule has 2 N–H and O–H groups in total. The number of thiophene rings is 1. The number of halogens is 3. The Labute approximate surface area is 192 Å². The van der Waals surface area contributed by atoms with E-state index in [9.17, 15) is 8.78 Å². The molecule has 5 aromatic rings. The topological polar surface area (TPSA) is 53.6 Å². The van der Waals surface area contributed by atoms with Gasteiger partial charge in [-0.2, -0.15) is 0 Å². The lowest BCUT2D eigenvalue weighted by molar-refractivity contribution is 0.628. The van der Waals surface area contributed by atoms with Gasteiger partial charge in [0.2, 0.25) is 0 Å². The molecule has 4 nitrogen and oxygen atoms in total. The minimum atomic E-state index is -0.443. The van der Waals surface area contributed by atoms with Crippen molar-refractivity contribution in [3.63, 3.8) is 0 Å². The van der Waals surface area contributed by atoms with E-state index in [0.717, 1.165) is 48.7 Å². The van der Waals surface area contributed by atoms with Crippen LogP contribution in [-0.2, 0) is 6.42 Å². The van der Waals surface area contributed by atoms with E-state index in [4.69, 9.17) is 11.6 Å². The fraction of sp³-hybridized carbons (Fsp3) is 0.167. The van der Waals surface area contributed by atoms with Crippen LogP contribution in [0.5, 0.6) is 0 Å². The number of fused-ring (bicyclic) bond motifs is 2. The van der Waals surface area contributed by atoms with Gasteiger partial charge in [-0.25, -0.2) is 18.7 Å². The minimum absolute atomic E-state index is 0.0882. The Bertz CT molecular complexity index is 1470. The predicted molar refractivity (Wildman–Crippen MR) is 128 cm³/mol. The Morgan fingerprint density at radius 2 is 1.88 bits per heavy atom. The molecule has 2 aromatic carbocycles. The lowest BCUT2D eigenvalue weighted by Crippen LogP contribution is -2.07. The number of hydrogen-bond acceptors (Lipinski definition) is 4. The second kappa shape index (κ2) is 8.15. The van der Waals surface area contributed by atoms with E-state index in [2.05, 4.69) is 20.3 Å². The van der Waals surface area contributed by atoms with E-state index in [0.29, 0.717) is 18.5 Å². The van der Waals surface area contributed by atoms with Crippen LogP contribution < -0.4 is 5.32 Å². The Kier molecular flexibility index (Phi) is 5.31. The molecule has 0 atom stereocenters. The molecule has 0 aliphatic heterocycles. The summed E-state index contributed by atoms with van der Waals surface area (Å²) in [7, 11) is 0. The zero-order chi connectivity index (χ0) is 22.4. The molecule has 0 unspecified atom stereocenters. The molecule has 0 spiro atoms. The van der Waals surface area contributed by atoms with E-state index in [1.807, 2.05) is 26.0 Å². The number of hydrogen-bond donors (Lipinski definition) is 2. The number of nitrogens with zero attached hydrogens (tertiary/aromatic N) is 2. The number of rotatable bonds is 5. The van der Waals surface area contributed by atoms with Crippen molar-refractivity contribution < 1.29 is 8.78 Å². The third kappa shape index (κ3) is 3.61. The Morgan fingerprint density at radius 1 is 1.06 bits per heavy atom. The first-order chi connectivity index (χ1) is 15.4. The summed E-state index contributed by atoms with van der Waals surface area (Å²) in [5.41, 5.74) is 5.31. The summed E-state index contributed by atoms with van der Waals surface area (Å²) in [6, 6.07) is 9.94. The van der Waals surface area contributed by atoms with Gasteiger partial charge in [-0.3, -0.25) is 0 Å². The minimum Gasteiger partial charge on any atom is -0.368 e. The van der Waals surface area contributed by atoms with Gasteiger partial charge >= 0.3 is 0 Å². The third-order valence-corrected chi connectivity index (χ3v) is 7.08. The monoisotopic (exact) mass is 468 g/mol. The molecular weight excluding hydrogens is 450 g/mol. The molecule has 32 heavy (non-hydrogen) atoms. The van der Waals surface area contributed by atoms with Crippen molar-refractivity contribution in [3.05, 3.63) is 76.2 Å². The Hall–Kier alpha value is -3.03. The quantitative estimate of drug-likeness (QED) is 0.291. The van der Waals surface area contributed by atoms with Crippen molar-refractivity contribution in [1.82, 2.24) is 15.0 Å². The molecule has 0 radical (unpaired) electrons. The number of aryl methyl sites for hydroxylation is 2. The maximum atomic E-state index is 14.2. The molecule has 3 heterocycles. The van der Waals surface area contributed by atoms with E-state index in [-0.39, 0.29) is 10.8 Å². The van der Waals surface area contributed by atoms with Crippen molar-refractivity contribution in [2.45, 2.75) is 20.3 Å². The summed E-state index contributed by atoms with van der Waals surface area (Å²) in [4.78, 5) is 12.9. The fourth-order valence-electron chi connectivity index (χ4n) is 4.03. The predicted octanol–water partition coefficient (Wildman–Crippen LogP) is 7.04. The molecule has 0 fully saturated rings. The van der Waals surface area contributed by atoms with Gasteiger partial charge in [0.05, 0.1) is 20.8 Å². The number of nitrogens with one attached hydrogen (secondary N) is 2. The SMILES string of the molecule is Cc1[nH]c2c(F)ccc(C)c2c1CCNc1ncnc2cc(-c3ccc(F)c(Cl)c3)sc12. The first-order valence-electron chi connectivity index (χ1n) is 10.1. The van der Waals surface area contributed by atoms with Crippen molar-refractivity contribution >= 4 is 49.9 Å². The summed E-state index contributed by atoms with van der Waals surface area (Å²) in [6.07, 6.45) is 2.24. The lowest BCUT2D eigenvalue weighted by atomic mass is 10.0. The molecule has 0 aliphatic rings. The van der Waals surface area contributed by atoms with Gasteiger partial charge in [0.15, 0.2) is 0 Å². The molecule has 162 valence electrons. The zero-order valence-electron chi connectivity index (χ0n) is 17.4. The molecular formula is C24H19ClF2N4S. The average Bonchev–Trinajstić information content (AvgIpc) is 3.35. The van der Waals surface area contributed by atoms with Crippen molar-refractivity contribution in [1.29, 1.82) is 0 Å². The molecule has 3 aromatic heterocycles. The molecule has 0 saturated carbocycles. The molecule has 0 bridgehead atoms. The second-order valence-corrected chi connectivity index (χ2v) is 9.16. The van der Waals surface area contributed by atoms with Crippen LogP contribution in [0.2, 0.25) is 5.02 Å². The first kappa shape index (κ1) is 20.8. The maximum Gasteiger partial charge on any atom is 0.147 e. The first-order valence-corrected chi connectivity index (χ1v) is 11.3. The van der Waals surface area contributed by atoms with E-state index < -0.39 is 5.82 Å². The van der Waals surface area contributed by atoms with Gasteiger partial charge in [0.25, 0.3) is 0 Å². The largest absolute Gasteiger partial charge is 0.368 e. The Balaban J connectivity index is 1.41. The maximum absolute atomic E-state index is 14.2. The molecule has 0 amide bonds. The summed E-state index contributed by atoms with van der Waals surface area (Å²) in [5, 5.41) is 4.44. The highest BCUT2D eigenvalue weighted by Crippen LogP contribution is 2.37. The van der Waals surface area contributed by atoms with Crippen LogP contribution >= 0.6 is 22.9 Å². The third-order valence-electron chi connectivity index (χ3n) is 5.61. The van der Waals surface area contributed by atoms with Crippen LogP contribution in [0, 0.1) is 25.5 Å². The standard InChI is InChI=1S/C24H19ClF2N4S/c1-12-3-5-18(27)22-21(12)15(13(2)31-22)7-8-28-24-23-19(29-11-30-24)10-20(32-23)14-4-6-17(26)16(25)9-14/h3-6,9-11,31H,7-8H2,1-2H3,(H,28,29,30). The number of anilines is 1. The molecule has 0 aliphatic carbocycles. The second-order valence-electron chi connectivity index (χ2n) is 7.70. The lowest BCUT2D eigenvalue weighted by Gasteiger charge is -2.07. The van der Waals surface area contributed by atoms with Crippen molar-refractivity contribution in [3.8, 4) is 10.4 Å². The van der Waals surface area contributed by atoms with Crippen molar-refractivity contribution in [2.75, 3.05) is 11.9 Å². The number of benzene rings is 2. The highest BCUT2D eigenvalue weighted by molar-refractivity contribution is 7.22. The van der Waals surface area contributed by atoms with Gasteiger partial charge in [-0.1, -0.05) is 23.7 Å². The van der Waals surface area contributed by atoms with Gasteiger partial charge in [0, 0.05) is 22.5 Å². The summed E-state index contributed by atoms with van der Waals surface area (Å²) < 4.78 is 28.7. The zero-order valence-corrected chi connectivity index (χ0v) is 19.0. The summed E-state index contributed by atoms with van der Waals surface area (Å²) in [6.45, 7) is 4.59. The van der Waals surface area contributed by atoms with Gasteiger partial charge in [0.1, 0.15) is 23.8 Å². The van der Waals surface area contributed by atoms with Gasteiger partial charge < -0.3 is 10.3 Å². The van der Waals surface area contributed by atoms with Crippen LogP contribution in [0.25, 0.3) is 31.6 Å². The van der Waals surface area contributed by atoms with Crippen molar-refractivity contribution in [2.24, 2.45) is 0 Å². The number of aromatic amines is 1. The average molecular weight is 469 g/mol. The van der Waals surface area contributed by atoms with E-state index in [1.54, 1.807) is 12.1 Å². The van der Waals surface area contributed by atoms with Gasteiger partial charge in [-0.05, 0) is 61.2 Å². The van der Waals surface area contributed by atoms with Crippen LogP contribution in [0.3, 0.4) is 0 Å². The molecule has 0 saturated heterocycles. The van der Waals surface area contributed by atoms with Crippen LogP contribution in [0.4, 0.5) is 14.6 Å². The van der Waals surface area contributed by atoms with E-state index in [1.165, 1.54) is 29.8 Å². The summed E-state index contributed by atoms with van der Waals surface area (Å²) in [5.74, 6) is 0.0543. The van der Waals surface area contributed by atoms with Gasteiger partial charge in [-0.15, -0.1) is 11.3 Å². The van der Waals surface area contributed by atoms with Crippen LogP contribution in [-0.4, -0.2) is 21.5 Å². The Morgan fingerprint density at radius 3 is 2.69 bits per heavy atom. The van der Waals surface area contributed by atoms with Crippen LogP contribution in [0.1, 0.15) is 16.8 Å². The molecule has 5 rings (SSSR count). The van der Waals surface area contributed by atoms with Crippen LogP contribution in [0.15, 0.2) is 42.7 Å². The molecule has 8 heteroatoms. The highest BCUT2D eigenvalue weighted by Gasteiger charge is 2.15. The highest BCUT2D eigenvalue weighted by atomic mass is 35.5.